The second-order valence-electron chi connectivity index (χ2n) is 3.59. The molecule has 103 valence electrons. The van der Waals surface area contributed by atoms with E-state index in [1.54, 1.807) is 0 Å². The minimum Gasteiger partial charge on any atom is -0.374 e. The molecule has 0 aliphatic carbocycles. The number of rotatable bonds is 10. The van der Waals surface area contributed by atoms with Gasteiger partial charge in [0.15, 0.2) is 6.29 Å². The van der Waals surface area contributed by atoms with Crippen LogP contribution in [0.1, 0.15) is 27.7 Å². The maximum absolute atomic E-state index is 9.02. The van der Waals surface area contributed by atoms with E-state index in [4.69, 9.17) is 23.1 Å². The van der Waals surface area contributed by atoms with Gasteiger partial charge in [-0.3, -0.25) is 0 Å². The molecule has 0 aromatic heterocycles. The van der Waals surface area contributed by atoms with Crippen LogP contribution in [0.3, 0.4) is 0 Å². The Hall–Kier alpha value is 0.0169. The molecule has 0 aromatic carbocycles. The van der Waals surface area contributed by atoms with Gasteiger partial charge >= 0.3 is 8.80 Å². The standard InChI is InChI=1S/C11H25O5Si/c1-6-14-17(15-7-2,16-8-3)10(4)9-13-11(5)12/h10-12H,5-9H2,1-4H3. The summed E-state index contributed by atoms with van der Waals surface area (Å²) in [5.41, 5.74) is -0.0428. The number of hydrogen-bond acceptors (Lipinski definition) is 5. The van der Waals surface area contributed by atoms with Crippen LogP contribution in [-0.2, 0) is 18.0 Å². The molecular weight excluding hydrogens is 240 g/mol. The lowest BCUT2D eigenvalue weighted by molar-refractivity contribution is -0.0724. The lowest BCUT2D eigenvalue weighted by Crippen LogP contribution is -2.51. The van der Waals surface area contributed by atoms with Crippen LogP contribution in [0, 0.1) is 6.92 Å². The van der Waals surface area contributed by atoms with Crippen LogP contribution in [0.25, 0.3) is 0 Å². The molecule has 0 amide bonds. The average molecular weight is 265 g/mol. The highest BCUT2D eigenvalue weighted by molar-refractivity contribution is 6.62. The lowest BCUT2D eigenvalue weighted by atomic mass is 10.5. The third-order valence-electron chi connectivity index (χ3n) is 2.18. The van der Waals surface area contributed by atoms with Gasteiger partial charge < -0.3 is 23.1 Å². The van der Waals surface area contributed by atoms with E-state index in [0.717, 1.165) is 0 Å². The Bertz CT molecular complexity index is 172. The van der Waals surface area contributed by atoms with E-state index in [2.05, 4.69) is 6.92 Å². The summed E-state index contributed by atoms with van der Waals surface area (Å²) in [6.45, 7) is 12.9. The Morgan fingerprint density at radius 1 is 1.06 bits per heavy atom. The Labute approximate surface area is 105 Å². The lowest BCUT2D eigenvalue weighted by Gasteiger charge is -2.33. The van der Waals surface area contributed by atoms with Gasteiger partial charge in [-0.15, -0.1) is 0 Å². The molecule has 0 fully saturated rings. The van der Waals surface area contributed by atoms with Crippen molar-refractivity contribution in [1.29, 1.82) is 0 Å². The van der Waals surface area contributed by atoms with Gasteiger partial charge in [0, 0.05) is 32.3 Å². The highest BCUT2D eigenvalue weighted by Crippen LogP contribution is 2.26. The minimum atomic E-state index is -2.73. The Kier molecular flexibility index (Phi) is 9.02. The van der Waals surface area contributed by atoms with Crippen LogP contribution in [0.15, 0.2) is 0 Å². The van der Waals surface area contributed by atoms with Gasteiger partial charge in [0.05, 0.1) is 6.61 Å². The Morgan fingerprint density at radius 2 is 1.47 bits per heavy atom. The third-order valence-corrected chi connectivity index (χ3v) is 5.63. The van der Waals surface area contributed by atoms with E-state index >= 15 is 0 Å². The first-order valence-electron chi connectivity index (χ1n) is 6.06. The molecule has 0 saturated carbocycles. The molecule has 17 heavy (non-hydrogen) atoms. The van der Waals surface area contributed by atoms with E-state index < -0.39 is 15.1 Å². The smallest absolute Gasteiger partial charge is 0.374 e. The first-order chi connectivity index (χ1) is 8.02. The monoisotopic (exact) mass is 265 g/mol. The number of aliphatic hydroxyl groups excluding tert-OH is 1. The quantitative estimate of drug-likeness (QED) is 0.480. The molecule has 2 unspecified atom stereocenters. The molecule has 6 heteroatoms. The van der Waals surface area contributed by atoms with Crippen molar-refractivity contribution in [3.8, 4) is 0 Å². The summed E-state index contributed by atoms with van der Waals surface area (Å²) >= 11 is 0. The average Bonchev–Trinajstić information content (AvgIpc) is 2.26. The van der Waals surface area contributed by atoms with Crippen molar-refractivity contribution in [2.75, 3.05) is 26.4 Å². The zero-order chi connectivity index (χ0) is 13.3. The SMILES string of the molecule is [CH2]C(O)OCC(C)[Si](OCC)(OCC)OCC. The van der Waals surface area contributed by atoms with Gasteiger partial charge in [-0.1, -0.05) is 6.92 Å². The molecule has 0 saturated heterocycles. The van der Waals surface area contributed by atoms with E-state index in [-0.39, 0.29) is 5.54 Å². The molecule has 0 aliphatic rings. The second kappa shape index (κ2) is 9.01. The first kappa shape index (κ1) is 17.0. The molecule has 0 heterocycles. The fourth-order valence-corrected chi connectivity index (χ4v) is 4.12. The Balaban J connectivity index is 4.59. The zero-order valence-corrected chi connectivity index (χ0v) is 12.3. The molecule has 0 rings (SSSR count). The van der Waals surface area contributed by atoms with E-state index in [9.17, 15) is 0 Å². The molecule has 2 atom stereocenters. The van der Waals surface area contributed by atoms with Crippen LogP contribution in [0.2, 0.25) is 5.54 Å². The number of hydrogen-bond donors (Lipinski definition) is 1. The van der Waals surface area contributed by atoms with Crippen molar-refractivity contribution in [2.24, 2.45) is 0 Å². The van der Waals surface area contributed by atoms with Crippen molar-refractivity contribution in [3.63, 3.8) is 0 Å². The molecular formula is C11H25O5Si. The van der Waals surface area contributed by atoms with Crippen molar-refractivity contribution in [3.05, 3.63) is 6.92 Å². The van der Waals surface area contributed by atoms with E-state index in [1.165, 1.54) is 0 Å². The van der Waals surface area contributed by atoms with Crippen LogP contribution in [0.5, 0.6) is 0 Å². The van der Waals surface area contributed by atoms with E-state index in [1.807, 2.05) is 27.7 Å². The summed E-state index contributed by atoms with van der Waals surface area (Å²) in [6.07, 6.45) is -1.03. The predicted octanol–water partition coefficient (Wildman–Crippen LogP) is 1.59. The van der Waals surface area contributed by atoms with Gasteiger partial charge in [0.1, 0.15) is 0 Å². The van der Waals surface area contributed by atoms with Crippen molar-refractivity contribution >= 4 is 8.80 Å². The molecule has 0 aliphatic heterocycles. The van der Waals surface area contributed by atoms with Crippen molar-refractivity contribution in [1.82, 2.24) is 0 Å². The predicted molar refractivity (Wildman–Crippen MR) is 67.4 cm³/mol. The molecule has 0 bridgehead atoms. The third kappa shape index (κ3) is 5.94. The molecule has 0 aromatic rings. The highest BCUT2D eigenvalue weighted by atomic mass is 28.4. The summed E-state index contributed by atoms with van der Waals surface area (Å²) in [5, 5.41) is 9.02. The van der Waals surface area contributed by atoms with Gasteiger partial charge in [-0.05, 0) is 20.8 Å². The fraction of sp³-hybridized carbons (Fsp3) is 0.909. The topological polar surface area (TPSA) is 57.2 Å². The molecule has 1 radical (unpaired) electrons. The van der Waals surface area contributed by atoms with E-state index in [0.29, 0.717) is 26.4 Å². The van der Waals surface area contributed by atoms with Gasteiger partial charge in [0.2, 0.25) is 0 Å². The maximum atomic E-state index is 9.02. The van der Waals surface area contributed by atoms with Crippen molar-refractivity contribution < 1.29 is 23.1 Å². The van der Waals surface area contributed by atoms with Crippen LogP contribution >= 0.6 is 0 Å². The largest absolute Gasteiger partial charge is 0.506 e. The summed E-state index contributed by atoms with van der Waals surface area (Å²) < 4.78 is 22.2. The van der Waals surface area contributed by atoms with Crippen molar-refractivity contribution in [2.45, 2.75) is 39.5 Å². The summed E-state index contributed by atoms with van der Waals surface area (Å²) in [7, 11) is -2.73. The van der Waals surface area contributed by atoms with Crippen LogP contribution < -0.4 is 0 Å². The zero-order valence-electron chi connectivity index (χ0n) is 11.3. The Morgan fingerprint density at radius 3 is 1.76 bits per heavy atom. The maximum Gasteiger partial charge on any atom is 0.506 e. The fourth-order valence-electron chi connectivity index (χ4n) is 1.51. The summed E-state index contributed by atoms with van der Waals surface area (Å²) in [5.74, 6) is 0. The second-order valence-corrected chi connectivity index (χ2v) is 6.65. The normalized spacial score (nSPS) is 15.9. The molecule has 5 nitrogen and oxygen atoms in total. The minimum absolute atomic E-state index is 0.0428. The molecule has 1 N–H and O–H groups in total. The summed E-state index contributed by atoms with van der Waals surface area (Å²) in [4.78, 5) is 0. The summed E-state index contributed by atoms with van der Waals surface area (Å²) in [6, 6.07) is 0. The number of ether oxygens (including phenoxy) is 1. The number of aliphatic hydroxyl groups is 1. The van der Waals surface area contributed by atoms with Crippen LogP contribution in [-0.4, -0.2) is 46.6 Å². The first-order valence-corrected chi connectivity index (χ1v) is 7.87. The highest BCUT2D eigenvalue weighted by Gasteiger charge is 2.46. The van der Waals surface area contributed by atoms with Gasteiger partial charge in [0.25, 0.3) is 0 Å². The molecule has 0 spiro atoms. The van der Waals surface area contributed by atoms with Gasteiger partial charge in [-0.25, -0.2) is 0 Å². The van der Waals surface area contributed by atoms with Gasteiger partial charge in [-0.2, -0.15) is 0 Å². The van der Waals surface area contributed by atoms with Crippen LogP contribution in [0.4, 0.5) is 0 Å².